The predicted octanol–water partition coefficient (Wildman–Crippen LogP) is 5.57. The average Bonchev–Trinajstić information content (AvgIpc) is 3.16. The predicted molar refractivity (Wildman–Crippen MR) is 109 cm³/mol. The first-order valence-electron chi connectivity index (χ1n) is 9.47. The van der Waals surface area contributed by atoms with E-state index in [2.05, 4.69) is 54.3 Å². The Balaban J connectivity index is 1.58. The number of allylic oxidation sites excluding steroid dienone is 1. The van der Waals surface area contributed by atoms with Crippen LogP contribution in [0.1, 0.15) is 42.3 Å². The van der Waals surface area contributed by atoms with Crippen LogP contribution in [0.4, 0.5) is 0 Å². The first-order valence-corrected chi connectivity index (χ1v) is 9.47. The van der Waals surface area contributed by atoms with Gasteiger partial charge in [-0.15, -0.1) is 0 Å². The second kappa shape index (κ2) is 7.25. The van der Waals surface area contributed by atoms with Crippen molar-refractivity contribution in [2.45, 2.75) is 26.2 Å². The molecule has 1 N–H and O–H groups in total. The van der Waals surface area contributed by atoms with Crippen molar-refractivity contribution in [3.8, 4) is 17.2 Å². The number of H-pyrrole nitrogens is 1. The number of pyridine rings is 1. The summed E-state index contributed by atoms with van der Waals surface area (Å²) in [5.74, 6) is 1.65. The molecule has 2 aromatic heterocycles. The minimum absolute atomic E-state index is 0.388. The van der Waals surface area contributed by atoms with Crippen LogP contribution < -0.4 is 0 Å². The van der Waals surface area contributed by atoms with Crippen LogP contribution in [0, 0.1) is 23.2 Å². The van der Waals surface area contributed by atoms with Gasteiger partial charge in [-0.1, -0.05) is 44.2 Å². The fourth-order valence-electron chi connectivity index (χ4n) is 4.02. The molecule has 3 unspecified atom stereocenters. The van der Waals surface area contributed by atoms with Crippen molar-refractivity contribution in [2.24, 2.45) is 11.8 Å². The lowest BCUT2D eigenvalue weighted by Crippen LogP contribution is -2.24. The standard InChI is InChI=1S/C24H23N3/c1-16-13-18-11-12-26-24(18)22(17(16)2)10-9-21-8-7-20(15-27-21)23-6-4-3-5-19(23)14-25/h3-12,15-17,22,26H,13H2,1-2H3/b10-9+. The van der Waals surface area contributed by atoms with E-state index in [1.165, 1.54) is 11.3 Å². The summed E-state index contributed by atoms with van der Waals surface area (Å²) >= 11 is 0. The van der Waals surface area contributed by atoms with Crippen LogP contribution in [0.25, 0.3) is 17.2 Å². The lowest BCUT2D eigenvalue weighted by molar-refractivity contribution is 0.329. The second-order valence-electron chi connectivity index (χ2n) is 7.47. The number of rotatable bonds is 3. The van der Waals surface area contributed by atoms with E-state index < -0.39 is 0 Å². The summed E-state index contributed by atoms with van der Waals surface area (Å²) in [5, 5.41) is 9.29. The molecule has 0 amide bonds. The lowest BCUT2D eigenvalue weighted by atomic mass is 9.73. The summed E-state index contributed by atoms with van der Waals surface area (Å²) in [7, 11) is 0. The van der Waals surface area contributed by atoms with Crippen molar-refractivity contribution in [1.29, 1.82) is 5.26 Å². The molecule has 0 spiro atoms. The third-order valence-electron chi connectivity index (χ3n) is 5.83. The molecule has 1 aliphatic rings. The summed E-state index contributed by atoms with van der Waals surface area (Å²) < 4.78 is 0. The first kappa shape index (κ1) is 17.3. The van der Waals surface area contributed by atoms with Crippen molar-refractivity contribution < 1.29 is 0 Å². The molecule has 0 aliphatic heterocycles. The molecule has 134 valence electrons. The van der Waals surface area contributed by atoms with E-state index in [1.54, 1.807) is 0 Å². The molecule has 0 saturated heterocycles. The highest BCUT2D eigenvalue weighted by Crippen LogP contribution is 2.39. The number of fused-ring (bicyclic) bond motifs is 1. The van der Waals surface area contributed by atoms with Crippen LogP contribution in [0.5, 0.6) is 0 Å². The topological polar surface area (TPSA) is 52.5 Å². The van der Waals surface area contributed by atoms with Gasteiger partial charge in [0.2, 0.25) is 0 Å². The minimum Gasteiger partial charge on any atom is -0.364 e. The molecule has 4 rings (SSSR count). The number of aromatic amines is 1. The molecular weight excluding hydrogens is 330 g/mol. The summed E-state index contributed by atoms with van der Waals surface area (Å²) in [6.45, 7) is 4.67. The maximum atomic E-state index is 9.29. The van der Waals surface area contributed by atoms with E-state index in [0.29, 0.717) is 23.3 Å². The normalized spacial score (nSPS) is 21.7. The fourth-order valence-corrected chi connectivity index (χ4v) is 4.02. The Morgan fingerprint density at radius 2 is 2.00 bits per heavy atom. The van der Waals surface area contributed by atoms with Gasteiger partial charge in [-0.05, 0) is 48.1 Å². The van der Waals surface area contributed by atoms with Crippen LogP contribution in [-0.4, -0.2) is 9.97 Å². The van der Waals surface area contributed by atoms with Gasteiger partial charge in [-0.3, -0.25) is 4.98 Å². The molecule has 0 radical (unpaired) electrons. The smallest absolute Gasteiger partial charge is 0.0998 e. The molecule has 1 aliphatic carbocycles. The molecule has 0 bridgehead atoms. The van der Waals surface area contributed by atoms with Crippen molar-refractivity contribution in [3.05, 3.63) is 83.4 Å². The molecule has 2 heterocycles. The fraction of sp³-hybridized carbons (Fsp3) is 0.250. The highest BCUT2D eigenvalue weighted by molar-refractivity contribution is 5.70. The SMILES string of the molecule is CC1Cc2cc[nH]c2C(/C=C/c2ccc(-c3ccccc3C#N)cn2)C1C. The monoisotopic (exact) mass is 353 g/mol. The van der Waals surface area contributed by atoms with Gasteiger partial charge < -0.3 is 4.98 Å². The van der Waals surface area contributed by atoms with Gasteiger partial charge in [0.25, 0.3) is 0 Å². The van der Waals surface area contributed by atoms with Gasteiger partial charge in [0.05, 0.1) is 17.3 Å². The molecule has 3 nitrogen and oxygen atoms in total. The van der Waals surface area contributed by atoms with Gasteiger partial charge in [-0.25, -0.2) is 0 Å². The Kier molecular flexibility index (Phi) is 4.64. The van der Waals surface area contributed by atoms with E-state index in [-0.39, 0.29) is 0 Å². The summed E-state index contributed by atoms with van der Waals surface area (Å²) in [6, 6.07) is 16.1. The van der Waals surface area contributed by atoms with E-state index in [0.717, 1.165) is 23.2 Å². The summed E-state index contributed by atoms with van der Waals surface area (Å²) in [5.41, 5.74) is 6.28. The van der Waals surface area contributed by atoms with Gasteiger partial charge in [-0.2, -0.15) is 5.26 Å². The Labute approximate surface area is 160 Å². The zero-order chi connectivity index (χ0) is 18.8. The number of hydrogen-bond donors (Lipinski definition) is 1. The number of nitriles is 1. The van der Waals surface area contributed by atoms with Gasteiger partial charge in [0.1, 0.15) is 0 Å². The number of aromatic nitrogens is 2. The number of nitrogens with one attached hydrogen (secondary N) is 1. The Morgan fingerprint density at radius 1 is 1.15 bits per heavy atom. The van der Waals surface area contributed by atoms with Crippen LogP contribution in [0.2, 0.25) is 0 Å². The Bertz CT molecular complexity index is 1000. The Hall–Kier alpha value is -3.12. The van der Waals surface area contributed by atoms with E-state index in [1.807, 2.05) is 42.6 Å². The van der Waals surface area contributed by atoms with E-state index in [9.17, 15) is 5.26 Å². The summed E-state index contributed by atoms with van der Waals surface area (Å²) in [4.78, 5) is 8.03. The molecule has 0 saturated carbocycles. The van der Waals surface area contributed by atoms with Gasteiger partial charge in [0, 0.05) is 35.1 Å². The van der Waals surface area contributed by atoms with Crippen molar-refractivity contribution in [1.82, 2.24) is 9.97 Å². The van der Waals surface area contributed by atoms with Crippen LogP contribution >= 0.6 is 0 Å². The molecule has 27 heavy (non-hydrogen) atoms. The van der Waals surface area contributed by atoms with Crippen molar-refractivity contribution in [2.75, 3.05) is 0 Å². The van der Waals surface area contributed by atoms with Crippen molar-refractivity contribution in [3.63, 3.8) is 0 Å². The molecule has 1 aromatic carbocycles. The van der Waals surface area contributed by atoms with Gasteiger partial charge in [0.15, 0.2) is 0 Å². The lowest BCUT2D eigenvalue weighted by Gasteiger charge is -2.32. The Morgan fingerprint density at radius 3 is 2.78 bits per heavy atom. The van der Waals surface area contributed by atoms with Crippen LogP contribution in [0.3, 0.4) is 0 Å². The highest BCUT2D eigenvalue weighted by atomic mass is 14.7. The molecule has 3 atom stereocenters. The van der Waals surface area contributed by atoms with E-state index >= 15 is 0 Å². The van der Waals surface area contributed by atoms with E-state index in [4.69, 9.17) is 0 Å². The second-order valence-corrected chi connectivity index (χ2v) is 7.47. The van der Waals surface area contributed by atoms with Crippen LogP contribution in [-0.2, 0) is 6.42 Å². The zero-order valence-corrected chi connectivity index (χ0v) is 15.7. The third kappa shape index (κ3) is 3.31. The molecule has 3 aromatic rings. The molecule has 0 fully saturated rings. The zero-order valence-electron chi connectivity index (χ0n) is 15.7. The highest BCUT2D eigenvalue weighted by Gasteiger charge is 2.30. The third-order valence-corrected chi connectivity index (χ3v) is 5.83. The maximum absolute atomic E-state index is 9.29. The van der Waals surface area contributed by atoms with Gasteiger partial charge >= 0.3 is 0 Å². The molecule has 3 heteroatoms. The quantitative estimate of drug-likeness (QED) is 0.669. The number of nitrogens with zero attached hydrogens (tertiary/aromatic N) is 2. The van der Waals surface area contributed by atoms with Crippen LogP contribution in [0.15, 0.2) is 60.9 Å². The van der Waals surface area contributed by atoms with Crippen molar-refractivity contribution >= 4 is 6.08 Å². The number of hydrogen-bond acceptors (Lipinski definition) is 2. The first-order chi connectivity index (χ1) is 13.2. The average molecular weight is 353 g/mol. The molecular formula is C24H23N3. The minimum atomic E-state index is 0.388. The maximum Gasteiger partial charge on any atom is 0.0998 e. The number of benzene rings is 1. The summed E-state index contributed by atoms with van der Waals surface area (Å²) in [6.07, 6.45) is 9.44. The largest absolute Gasteiger partial charge is 0.364 e.